The summed E-state index contributed by atoms with van der Waals surface area (Å²) in [5.74, 6) is 0. The lowest BCUT2D eigenvalue weighted by Gasteiger charge is -2.25. The second kappa shape index (κ2) is 5.47. The number of anilines is 1. The fourth-order valence-electron chi connectivity index (χ4n) is 2.61. The molecule has 1 unspecified atom stereocenters. The topological polar surface area (TPSA) is 12.0 Å². The van der Waals surface area contributed by atoms with Crippen molar-refractivity contribution in [2.75, 3.05) is 5.32 Å². The van der Waals surface area contributed by atoms with E-state index in [-0.39, 0.29) is 0 Å². The molecule has 1 aliphatic rings. The molecule has 0 saturated carbocycles. The summed E-state index contributed by atoms with van der Waals surface area (Å²) in [7, 11) is 0. The van der Waals surface area contributed by atoms with Crippen molar-refractivity contribution >= 4 is 44.6 Å². The van der Waals surface area contributed by atoms with E-state index in [1.54, 1.807) is 11.3 Å². The Hall–Kier alpha value is -0.510. The molecule has 0 amide bonds. The van der Waals surface area contributed by atoms with Crippen LogP contribution in [0.1, 0.15) is 34.9 Å². The highest BCUT2D eigenvalue weighted by Crippen LogP contribution is 2.39. The van der Waals surface area contributed by atoms with Crippen molar-refractivity contribution < 1.29 is 0 Å². The lowest BCUT2D eigenvalue weighted by atomic mass is 9.94. The van der Waals surface area contributed by atoms with E-state index in [0.717, 1.165) is 8.81 Å². The van der Waals surface area contributed by atoms with Gasteiger partial charge in [-0.15, -0.1) is 11.3 Å². The van der Waals surface area contributed by atoms with E-state index >= 15 is 0 Å². The zero-order valence-corrected chi connectivity index (χ0v) is 13.8. The lowest BCUT2D eigenvalue weighted by molar-refractivity contribution is 0.609. The average molecular weight is 357 g/mol. The van der Waals surface area contributed by atoms with E-state index in [1.165, 1.54) is 41.0 Å². The van der Waals surface area contributed by atoms with Crippen LogP contribution in [0.25, 0.3) is 0 Å². The van der Waals surface area contributed by atoms with Crippen LogP contribution >= 0.6 is 38.9 Å². The summed E-state index contributed by atoms with van der Waals surface area (Å²) in [6.45, 7) is 2.11. The average Bonchev–Trinajstić information content (AvgIpc) is 2.75. The van der Waals surface area contributed by atoms with Gasteiger partial charge in [0.25, 0.3) is 0 Å². The first-order valence-corrected chi connectivity index (χ1v) is 8.43. The maximum absolute atomic E-state index is 6.15. The molecule has 1 atom stereocenters. The summed E-state index contributed by atoms with van der Waals surface area (Å²) in [5.41, 5.74) is 3.83. The van der Waals surface area contributed by atoms with Gasteiger partial charge in [0.05, 0.1) is 10.4 Å². The summed E-state index contributed by atoms with van der Waals surface area (Å²) in [6.07, 6.45) is 3.58. The summed E-state index contributed by atoms with van der Waals surface area (Å²) < 4.78 is 2.06. The number of aryl methyl sites for hydroxylation is 2. The van der Waals surface area contributed by atoms with Crippen molar-refractivity contribution in [3.05, 3.63) is 49.1 Å². The second-order valence-corrected chi connectivity index (χ2v) is 7.60. The molecule has 0 fully saturated rings. The predicted molar refractivity (Wildman–Crippen MR) is 87.5 cm³/mol. The van der Waals surface area contributed by atoms with E-state index in [0.29, 0.717) is 6.04 Å². The summed E-state index contributed by atoms with van der Waals surface area (Å²) in [4.78, 5) is 1.45. The zero-order chi connectivity index (χ0) is 13.4. The van der Waals surface area contributed by atoms with Crippen molar-refractivity contribution in [2.24, 2.45) is 0 Å². The van der Waals surface area contributed by atoms with Crippen LogP contribution in [0.3, 0.4) is 0 Å². The first-order valence-electron chi connectivity index (χ1n) is 6.44. The van der Waals surface area contributed by atoms with Gasteiger partial charge in [0, 0.05) is 15.0 Å². The maximum Gasteiger partial charge on any atom is 0.0934 e. The van der Waals surface area contributed by atoms with Crippen molar-refractivity contribution in [3.63, 3.8) is 0 Å². The molecule has 1 aromatic carbocycles. The first kappa shape index (κ1) is 13.5. The Bertz CT molecular complexity index is 608. The van der Waals surface area contributed by atoms with Gasteiger partial charge < -0.3 is 5.32 Å². The van der Waals surface area contributed by atoms with E-state index in [2.05, 4.69) is 52.4 Å². The van der Waals surface area contributed by atoms with Crippen molar-refractivity contribution in [3.8, 4) is 0 Å². The summed E-state index contributed by atoms with van der Waals surface area (Å²) >= 11 is 11.4. The number of hydrogen-bond acceptors (Lipinski definition) is 2. The van der Waals surface area contributed by atoms with E-state index in [1.807, 2.05) is 0 Å². The van der Waals surface area contributed by atoms with Crippen molar-refractivity contribution in [1.29, 1.82) is 0 Å². The minimum Gasteiger partial charge on any atom is -0.378 e. The highest BCUT2D eigenvalue weighted by atomic mass is 79.9. The Balaban J connectivity index is 1.86. The number of nitrogens with one attached hydrogen (secondary N) is 1. The van der Waals surface area contributed by atoms with E-state index in [9.17, 15) is 0 Å². The largest absolute Gasteiger partial charge is 0.378 e. The molecule has 4 heteroatoms. The fraction of sp³-hybridized carbons (Fsp3) is 0.333. The third-order valence-electron chi connectivity index (χ3n) is 3.58. The van der Waals surface area contributed by atoms with Crippen LogP contribution in [0.2, 0.25) is 4.34 Å². The van der Waals surface area contributed by atoms with E-state index < -0.39 is 0 Å². The van der Waals surface area contributed by atoms with Crippen molar-refractivity contribution in [2.45, 2.75) is 32.2 Å². The van der Waals surface area contributed by atoms with Gasteiger partial charge in [-0.2, -0.15) is 0 Å². The molecule has 0 bridgehead atoms. The maximum atomic E-state index is 6.15. The minimum atomic E-state index is 0.396. The Morgan fingerprint density at radius 1 is 1.37 bits per heavy atom. The Labute approximate surface area is 131 Å². The molecule has 3 rings (SSSR count). The Morgan fingerprint density at radius 3 is 3.00 bits per heavy atom. The predicted octanol–water partition coefficient (Wildman–Crippen LogP) is 5.96. The first-order chi connectivity index (χ1) is 9.13. The molecular weight excluding hydrogens is 342 g/mol. The van der Waals surface area contributed by atoms with Crippen LogP contribution in [-0.2, 0) is 6.42 Å². The van der Waals surface area contributed by atoms with Crippen LogP contribution in [-0.4, -0.2) is 0 Å². The SMILES string of the molecule is Cc1cc(NC2CCCc3sc(Cl)cc32)ccc1Br. The molecule has 19 heavy (non-hydrogen) atoms. The van der Waals surface area contributed by atoms with Gasteiger partial charge in [-0.1, -0.05) is 27.5 Å². The van der Waals surface area contributed by atoms with Crippen LogP contribution in [0.5, 0.6) is 0 Å². The molecule has 0 spiro atoms. The van der Waals surface area contributed by atoms with Crippen LogP contribution in [0.4, 0.5) is 5.69 Å². The molecule has 0 aliphatic heterocycles. The zero-order valence-electron chi connectivity index (χ0n) is 10.7. The number of rotatable bonds is 2. The molecule has 0 radical (unpaired) electrons. The van der Waals surface area contributed by atoms with Gasteiger partial charge in [0.2, 0.25) is 0 Å². The fourth-order valence-corrected chi connectivity index (χ4v) is 4.24. The minimum absolute atomic E-state index is 0.396. The standard InChI is InChI=1S/C15H15BrClNS/c1-9-7-10(5-6-12(9)16)18-13-3-2-4-14-11(13)8-15(17)19-14/h5-8,13,18H,2-4H2,1H3. The Kier molecular flexibility index (Phi) is 3.88. The molecule has 1 nitrogen and oxygen atoms in total. The van der Waals surface area contributed by atoms with Gasteiger partial charge in [-0.25, -0.2) is 0 Å². The number of benzene rings is 1. The van der Waals surface area contributed by atoms with E-state index in [4.69, 9.17) is 11.6 Å². The van der Waals surface area contributed by atoms with Gasteiger partial charge in [0.15, 0.2) is 0 Å². The van der Waals surface area contributed by atoms with Crippen LogP contribution < -0.4 is 5.32 Å². The lowest BCUT2D eigenvalue weighted by Crippen LogP contribution is -2.15. The molecule has 1 aromatic heterocycles. The Morgan fingerprint density at radius 2 is 2.21 bits per heavy atom. The highest BCUT2D eigenvalue weighted by Gasteiger charge is 2.22. The third-order valence-corrected chi connectivity index (χ3v) is 5.81. The third kappa shape index (κ3) is 2.83. The van der Waals surface area contributed by atoms with Crippen LogP contribution in [0, 0.1) is 6.92 Å². The molecule has 1 heterocycles. The molecule has 1 aliphatic carbocycles. The van der Waals surface area contributed by atoms with Gasteiger partial charge in [0.1, 0.15) is 0 Å². The van der Waals surface area contributed by atoms with Gasteiger partial charge in [-0.05, 0) is 61.6 Å². The monoisotopic (exact) mass is 355 g/mol. The summed E-state index contributed by atoms with van der Waals surface area (Å²) in [6, 6.07) is 8.94. The van der Waals surface area contributed by atoms with Gasteiger partial charge >= 0.3 is 0 Å². The molecule has 100 valence electrons. The number of hydrogen-bond donors (Lipinski definition) is 1. The normalized spacial score (nSPS) is 18.2. The molecule has 1 N–H and O–H groups in total. The number of halogens is 2. The second-order valence-electron chi connectivity index (χ2n) is 4.98. The molecule has 0 saturated heterocycles. The van der Waals surface area contributed by atoms with Gasteiger partial charge in [-0.3, -0.25) is 0 Å². The van der Waals surface area contributed by atoms with Crippen molar-refractivity contribution in [1.82, 2.24) is 0 Å². The van der Waals surface area contributed by atoms with Crippen LogP contribution in [0.15, 0.2) is 28.7 Å². The number of fused-ring (bicyclic) bond motifs is 1. The summed E-state index contributed by atoms with van der Waals surface area (Å²) in [5, 5.41) is 3.65. The molecular formula is C15H15BrClNS. The smallest absolute Gasteiger partial charge is 0.0934 e. The quantitative estimate of drug-likeness (QED) is 0.699. The highest BCUT2D eigenvalue weighted by molar-refractivity contribution is 9.10. The molecule has 2 aromatic rings. The number of thiophene rings is 1.